The number of sulfonamides is 1. The highest BCUT2D eigenvalue weighted by atomic mass is 32.2. The smallest absolute Gasteiger partial charge is 0.257 e. The molecule has 0 bridgehead atoms. The predicted octanol–water partition coefficient (Wildman–Crippen LogP) is 3.17. The van der Waals surface area contributed by atoms with E-state index in [0.717, 1.165) is 27.4 Å². The fourth-order valence-corrected chi connectivity index (χ4v) is 3.86. The molecule has 3 rings (SSSR count). The molecule has 3 aromatic rings. The Bertz CT molecular complexity index is 1140. The molecule has 0 aliphatic heterocycles. The van der Waals surface area contributed by atoms with Crippen molar-refractivity contribution in [2.75, 3.05) is 30.0 Å². The van der Waals surface area contributed by atoms with Crippen LogP contribution in [0.15, 0.2) is 42.5 Å². The highest BCUT2D eigenvalue weighted by Crippen LogP contribution is 2.28. The lowest BCUT2D eigenvalue weighted by Crippen LogP contribution is -2.26. The summed E-state index contributed by atoms with van der Waals surface area (Å²) in [6, 6.07) is 12.2. The highest BCUT2D eigenvalue weighted by Gasteiger charge is 2.17. The van der Waals surface area contributed by atoms with Gasteiger partial charge in [-0.05, 0) is 48.9 Å². The standard InChI is InChI=1S/C19H20N4O4S2/c1-12-5-6-14(11-16(12)23(2)29(4,25)26)17(24)20-19-22-21-18(28-19)13-7-9-15(27-3)10-8-13/h5-11H,1-4H3,(H,20,22,24). The van der Waals surface area contributed by atoms with Gasteiger partial charge in [0.15, 0.2) is 0 Å². The molecule has 0 radical (unpaired) electrons. The number of rotatable bonds is 6. The third-order valence-corrected chi connectivity index (χ3v) is 6.37. The van der Waals surface area contributed by atoms with E-state index in [4.69, 9.17) is 4.74 Å². The molecule has 8 nitrogen and oxygen atoms in total. The molecular formula is C19H20N4O4S2. The fraction of sp³-hybridized carbons (Fsp3) is 0.211. The van der Waals surface area contributed by atoms with Gasteiger partial charge in [0.05, 0.1) is 19.1 Å². The summed E-state index contributed by atoms with van der Waals surface area (Å²) in [4.78, 5) is 12.6. The summed E-state index contributed by atoms with van der Waals surface area (Å²) >= 11 is 1.24. The Hall–Kier alpha value is -2.98. The monoisotopic (exact) mass is 432 g/mol. The Labute approximate surface area is 173 Å². The molecule has 1 heterocycles. The lowest BCUT2D eigenvalue weighted by molar-refractivity contribution is 0.102. The maximum absolute atomic E-state index is 12.6. The van der Waals surface area contributed by atoms with Crippen LogP contribution >= 0.6 is 11.3 Å². The molecule has 0 saturated heterocycles. The van der Waals surface area contributed by atoms with Gasteiger partial charge in [-0.25, -0.2) is 8.42 Å². The molecule has 0 unspecified atom stereocenters. The third-order valence-electron chi connectivity index (χ3n) is 4.29. The van der Waals surface area contributed by atoms with Crippen LogP contribution in [0.4, 0.5) is 10.8 Å². The second kappa shape index (κ2) is 8.18. The van der Waals surface area contributed by atoms with Gasteiger partial charge < -0.3 is 4.74 Å². The van der Waals surface area contributed by atoms with E-state index in [1.54, 1.807) is 26.2 Å². The van der Waals surface area contributed by atoms with Crippen molar-refractivity contribution in [3.8, 4) is 16.3 Å². The van der Waals surface area contributed by atoms with Crippen LogP contribution in [0.5, 0.6) is 5.75 Å². The first-order valence-electron chi connectivity index (χ1n) is 8.53. The summed E-state index contributed by atoms with van der Waals surface area (Å²) in [5, 5.41) is 11.8. The summed E-state index contributed by atoms with van der Waals surface area (Å²) in [5.74, 6) is 0.339. The Morgan fingerprint density at radius 3 is 2.45 bits per heavy atom. The number of hydrogen-bond acceptors (Lipinski definition) is 7. The van der Waals surface area contributed by atoms with Crippen molar-refractivity contribution in [2.45, 2.75) is 6.92 Å². The molecule has 0 saturated carbocycles. The first kappa shape index (κ1) is 20.7. The summed E-state index contributed by atoms with van der Waals surface area (Å²) in [5.41, 5.74) is 2.36. The number of ether oxygens (including phenoxy) is 1. The molecule has 0 atom stereocenters. The minimum absolute atomic E-state index is 0.322. The largest absolute Gasteiger partial charge is 0.497 e. The molecule has 152 valence electrons. The maximum Gasteiger partial charge on any atom is 0.257 e. The van der Waals surface area contributed by atoms with E-state index in [0.29, 0.717) is 21.4 Å². The Morgan fingerprint density at radius 1 is 1.14 bits per heavy atom. The molecule has 29 heavy (non-hydrogen) atoms. The van der Waals surface area contributed by atoms with Gasteiger partial charge in [-0.2, -0.15) is 0 Å². The van der Waals surface area contributed by atoms with Crippen LogP contribution in [0, 0.1) is 6.92 Å². The van der Waals surface area contributed by atoms with Crippen LogP contribution in [-0.4, -0.2) is 44.9 Å². The number of aromatic nitrogens is 2. The molecular weight excluding hydrogens is 412 g/mol. The zero-order valence-electron chi connectivity index (χ0n) is 16.3. The zero-order valence-corrected chi connectivity index (χ0v) is 18.0. The Balaban J connectivity index is 1.79. The van der Waals surface area contributed by atoms with E-state index in [2.05, 4.69) is 15.5 Å². The van der Waals surface area contributed by atoms with Gasteiger partial charge in [-0.1, -0.05) is 17.4 Å². The number of amides is 1. The number of nitrogens with zero attached hydrogens (tertiary/aromatic N) is 3. The molecule has 1 amide bonds. The normalized spacial score (nSPS) is 11.2. The lowest BCUT2D eigenvalue weighted by atomic mass is 10.1. The van der Waals surface area contributed by atoms with E-state index in [-0.39, 0.29) is 0 Å². The van der Waals surface area contributed by atoms with Crippen LogP contribution in [0.25, 0.3) is 10.6 Å². The average molecular weight is 433 g/mol. The predicted molar refractivity (Wildman–Crippen MR) is 114 cm³/mol. The molecule has 0 aliphatic carbocycles. The van der Waals surface area contributed by atoms with Crippen molar-refractivity contribution >= 4 is 38.1 Å². The number of benzene rings is 2. The van der Waals surface area contributed by atoms with Crippen LogP contribution in [0.2, 0.25) is 0 Å². The number of carbonyl (C=O) groups is 1. The minimum Gasteiger partial charge on any atom is -0.497 e. The van der Waals surface area contributed by atoms with Crippen molar-refractivity contribution in [1.82, 2.24) is 10.2 Å². The molecule has 2 aromatic carbocycles. The Morgan fingerprint density at radius 2 is 1.83 bits per heavy atom. The minimum atomic E-state index is -3.44. The topological polar surface area (TPSA) is 101 Å². The van der Waals surface area contributed by atoms with E-state index in [1.807, 2.05) is 24.3 Å². The molecule has 1 aromatic heterocycles. The van der Waals surface area contributed by atoms with E-state index in [1.165, 1.54) is 24.5 Å². The number of carbonyl (C=O) groups excluding carboxylic acids is 1. The van der Waals surface area contributed by atoms with Crippen molar-refractivity contribution in [2.24, 2.45) is 0 Å². The summed E-state index contributed by atoms with van der Waals surface area (Å²) < 4.78 is 30.0. The molecule has 1 N–H and O–H groups in total. The van der Waals surface area contributed by atoms with Gasteiger partial charge in [-0.3, -0.25) is 14.4 Å². The third kappa shape index (κ3) is 4.72. The van der Waals surface area contributed by atoms with Crippen molar-refractivity contribution < 1.29 is 17.9 Å². The maximum atomic E-state index is 12.6. The first-order valence-corrected chi connectivity index (χ1v) is 11.2. The van der Waals surface area contributed by atoms with E-state index < -0.39 is 15.9 Å². The van der Waals surface area contributed by atoms with Crippen molar-refractivity contribution in [3.05, 3.63) is 53.6 Å². The van der Waals surface area contributed by atoms with Crippen LogP contribution in [0.1, 0.15) is 15.9 Å². The number of aryl methyl sites for hydroxylation is 1. The van der Waals surface area contributed by atoms with E-state index >= 15 is 0 Å². The first-order chi connectivity index (χ1) is 13.7. The van der Waals surface area contributed by atoms with Crippen molar-refractivity contribution in [3.63, 3.8) is 0 Å². The number of methoxy groups -OCH3 is 1. The summed E-state index contributed by atoms with van der Waals surface area (Å²) in [7, 11) is -0.395. The van der Waals surface area contributed by atoms with Gasteiger partial charge in [0.2, 0.25) is 15.2 Å². The van der Waals surface area contributed by atoms with Crippen LogP contribution < -0.4 is 14.4 Å². The zero-order chi connectivity index (χ0) is 21.2. The second-order valence-electron chi connectivity index (χ2n) is 6.33. The molecule has 0 aliphatic rings. The van der Waals surface area contributed by atoms with Crippen molar-refractivity contribution in [1.29, 1.82) is 0 Å². The van der Waals surface area contributed by atoms with Crippen LogP contribution in [-0.2, 0) is 10.0 Å². The van der Waals surface area contributed by atoms with Gasteiger partial charge in [0, 0.05) is 18.2 Å². The summed E-state index contributed by atoms with van der Waals surface area (Å²) in [6.45, 7) is 1.78. The summed E-state index contributed by atoms with van der Waals surface area (Å²) in [6.07, 6.45) is 1.11. The second-order valence-corrected chi connectivity index (χ2v) is 9.32. The van der Waals surface area contributed by atoms with Gasteiger partial charge in [0.1, 0.15) is 10.8 Å². The number of anilines is 2. The van der Waals surface area contributed by atoms with Gasteiger partial charge in [-0.15, -0.1) is 10.2 Å². The quantitative estimate of drug-likeness (QED) is 0.642. The lowest BCUT2D eigenvalue weighted by Gasteiger charge is -2.19. The average Bonchev–Trinajstić information content (AvgIpc) is 3.15. The number of nitrogens with one attached hydrogen (secondary N) is 1. The Kier molecular flexibility index (Phi) is 5.85. The van der Waals surface area contributed by atoms with E-state index in [9.17, 15) is 13.2 Å². The fourth-order valence-electron chi connectivity index (χ4n) is 2.56. The number of hydrogen-bond donors (Lipinski definition) is 1. The molecule has 10 heteroatoms. The SMILES string of the molecule is COc1ccc(-c2nnc(NC(=O)c3ccc(C)c(N(C)S(C)(=O)=O)c3)s2)cc1. The van der Waals surface area contributed by atoms with Crippen LogP contribution in [0.3, 0.4) is 0 Å². The highest BCUT2D eigenvalue weighted by molar-refractivity contribution is 7.92. The van der Waals surface area contributed by atoms with Gasteiger partial charge in [0.25, 0.3) is 5.91 Å². The molecule has 0 spiro atoms. The van der Waals surface area contributed by atoms with Gasteiger partial charge >= 0.3 is 0 Å². The molecule has 0 fully saturated rings.